The van der Waals surface area contributed by atoms with E-state index in [-0.39, 0.29) is 29.3 Å². The molecule has 0 spiro atoms. The third kappa shape index (κ3) is 12.5. The maximum atomic E-state index is 13.2. The predicted octanol–water partition coefficient (Wildman–Crippen LogP) is 9.31. The SMILES string of the molecule is CCCCCCCCCCCCCCCCCCNC(=O)CCn1nc(C(F)(F)F)c(Br)c1C1CC1. The Hall–Kier alpha value is -1.05. The number of amides is 1. The molecule has 1 aromatic rings. The van der Waals surface area contributed by atoms with E-state index in [4.69, 9.17) is 0 Å². The van der Waals surface area contributed by atoms with Crippen molar-refractivity contribution in [3.8, 4) is 0 Å². The Morgan fingerprint density at radius 3 is 1.81 bits per heavy atom. The number of hydrogen-bond acceptors (Lipinski definition) is 2. The molecule has 0 radical (unpaired) electrons. The second kappa shape index (κ2) is 17.5. The number of nitrogens with one attached hydrogen (secondary N) is 1. The quantitative estimate of drug-likeness (QED) is 0.148. The Morgan fingerprint density at radius 1 is 0.889 bits per heavy atom. The fraction of sp³-hybridized carbons (Fsp3) is 0.857. The van der Waals surface area contributed by atoms with Gasteiger partial charge in [0.25, 0.3) is 0 Å². The summed E-state index contributed by atoms with van der Waals surface area (Å²) in [5.74, 6) is -0.0194. The number of aromatic nitrogens is 2. The number of alkyl halides is 3. The van der Waals surface area contributed by atoms with Crippen LogP contribution in [0, 0.1) is 0 Å². The van der Waals surface area contributed by atoms with Crippen molar-refractivity contribution in [1.29, 1.82) is 0 Å². The van der Waals surface area contributed by atoms with Crippen molar-refractivity contribution in [3.05, 3.63) is 15.9 Å². The van der Waals surface area contributed by atoms with Crippen LogP contribution in [0.2, 0.25) is 0 Å². The van der Waals surface area contributed by atoms with Gasteiger partial charge in [0.2, 0.25) is 5.91 Å². The third-order valence-electron chi connectivity index (χ3n) is 7.07. The maximum absolute atomic E-state index is 13.2. The van der Waals surface area contributed by atoms with Crippen LogP contribution in [0.1, 0.15) is 146 Å². The molecular formula is C28H47BrF3N3O. The monoisotopic (exact) mass is 577 g/mol. The summed E-state index contributed by atoms with van der Waals surface area (Å²) in [4.78, 5) is 12.2. The first kappa shape index (κ1) is 31.2. The number of rotatable bonds is 21. The smallest absolute Gasteiger partial charge is 0.356 e. The van der Waals surface area contributed by atoms with E-state index in [0.29, 0.717) is 12.2 Å². The Morgan fingerprint density at radius 2 is 1.36 bits per heavy atom. The number of halogens is 4. The third-order valence-corrected chi connectivity index (χ3v) is 7.85. The zero-order valence-corrected chi connectivity index (χ0v) is 23.8. The second-order valence-electron chi connectivity index (χ2n) is 10.4. The summed E-state index contributed by atoms with van der Waals surface area (Å²) < 4.78 is 41.0. The number of carbonyl (C=O) groups is 1. The van der Waals surface area contributed by atoms with Crippen LogP contribution in [0.5, 0.6) is 0 Å². The van der Waals surface area contributed by atoms with Crippen molar-refractivity contribution in [2.75, 3.05) is 6.54 Å². The molecule has 36 heavy (non-hydrogen) atoms. The highest BCUT2D eigenvalue weighted by Crippen LogP contribution is 2.47. The first-order chi connectivity index (χ1) is 17.3. The average molecular weight is 579 g/mol. The number of unbranched alkanes of at least 4 members (excludes halogenated alkanes) is 15. The fourth-order valence-electron chi connectivity index (χ4n) is 4.75. The van der Waals surface area contributed by atoms with Crippen LogP contribution in [0.4, 0.5) is 13.2 Å². The zero-order chi connectivity index (χ0) is 26.2. The molecular weight excluding hydrogens is 531 g/mol. The standard InChI is InChI=1S/C28H47BrF3N3O/c1-2-3-4-5-6-7-8-9-10-11-12-13-14-15-16-17-21-33-24(36)20-22-35-26(23-18-19-23)25(29)27(34-35)28(30,31)32/h23H,2-22H2,1H3,(H,33,36). The minimum Gasteiger partial charge on any atom is -0.356 e. The molecule has 1 N–H and O–H groups in total. The molecule has 1 aliphatic rings. The van der Waals surface area contributed by atoms with Crippen LogP contribution in [0.3, 0.4) is 0 Å². The minimum absolute atomic E-state index is 0.0334. The summed E-state index contributed by atoms with van der Waals surface area (Å²) in [5, 5.41) is 6.67. The van der Waals surface area contributed by atoms with E-state index in [1.807, 2.05) is 0 Å². The Labute approximate surface area is 224 Å². The van der Waals surface area contributed by atoms with Gasteiger partial charge in [0.15, 0.2) is 5.69 Å². The summed E-state index contributed by atoms with van der Waals surface area (Å²) >= 11 is 3.09. The van der Waals surface area contributed by atoms with E-state index in [1.54, 1.807) is 0 Å². The zero-order valence-electron chi connectivity index (χ0n) is 22.2. The van der Waals surface area contributed by atoms with Gasteiger partial charge in [-0.3, -0.25) is 9.48 Å². The van der Waals surface area contributed by atoms with Gasteiger partial charge in [-0.1, -0.05) is 103 Å². The number of hydrogen-bond donors (Lipinski definition) is 1. The molecule has 1 saturated carbocycles. The molecule has 4 nitrogen and oxygen atoms in total. The van der Waals surface area contributed by atoms with Gasteiger partial charge in [-0.2, -0.15) is 18.3 Å². The topological polar surface area (TPSA) is 46.9 Å². The molecule has 2 rings (SSSR count). The summed E-state index contributed by atoms with van der Waals surface area (Å²) in [7, 11) is 0. The van der Waals surface area contributed by atoms with E-state index in [9.17, 15) is 18.0 Å². The molecule has 1 fully saturated rings. The summed E-state index contributed by atoms with van der Waals surface area (Å²) in [6.45, 7) is 3.06. The number of carbonyl (C=O) groups excluding carboxylic acids is 1. The lowest BCUT2D eigenvalue weighted by Crippen LogP contribution is -2.26. The Bertz CT molecular complexity index is 747. The van der Waals surface area contributed by atoms with Gasteiger partial charge >= 0.3 is 6.18 Å². The van der Waals surface area contributed by atoms with Gasteiger partial charge < -0.3 is 5.32 Å². The molecule has 0 aromatic carbocycles. The van der Waals surface area contributed by atoms with Crippen molar-refractivity contribution in [2.45, 2.75) is 148 Å². The van der Waals surface area contributed by atoms with Crippen LogP contribution in [0.25, 0.3) is 0 Å². The van der Waals surface area contributed by atoms with Gasteiger partial charge in [0, 0.05) is 18.9 Å². The van der Waals surface area contributed by atoms with E-state index >= 15 is 0 Å². The van der Waals surface area contributed by atoms with E-state index in [2.05, 4.69) is 33.3 Å². The van der Waals surface area contributed by atoms with Crippen LogP contribution < -0.4 is 5.32 Å². The molecule has 8 heteroatoms. The van der Waals surface area contributed by atoms with Crippen LogP contribution in [0.15, 0.2) is 4.47 Å². The summed E-state index contributed by atoms with van der Waals surface area (Å²) in [6.07, 6.45) is 18.4. The first-order valence-electron chi connectivity index (χ1n) is 14.4. The van der Waals surface area contributed by atoms with Crippen molar-refractivity contribution in [3.63, 3.8) is 0 Å². The molecule has 1 aromatic heterocycles. The van der Waals surface area contributed by atoms with Crippen molar-refractivity contribution in [1.82, 2.24) is 15.1 Å². The molecule has 208 valence electrons. The van der Waals surface area contributed by atoms with Gasteiger partial charge in [-0.15, -0.1) is 0 Å². The van der Waals surface area contributed by atoms with Gasteiger partial charge in [-0.25, -0.2) is 0 Å². The maximum Gasteiger partial charge on any atom is 0.436 e. The van der Waals surface area contributed by atoms with E-state index < -0.39 is 11.9 Å². The van der Waals surface area contributed by atoms with Crippen molar-refractivity contribution in [2.24, 2.45) is 0 Å². The lowest BCUT2D eigenvalue weighted by atomic mass is 10.0. The molecule has 0 unspecified atom stereocenters. The Kier molecular flexibility index (Phi) is 15.1. The van der Waals surface area contributed by atoms with E-state index in [1.165, 1.54) is 94.6 Å². The second-order valence-corrected chi connectivity index (χ2v) is 11.2. The van der Waals surface area contributed by atoms with Gasteiger partial charge in [0.1, 0.15) is 0 Å². The molecule has 1 amide bonds. The molecule has 1 aliphatic carbocycles. The number of aryl methyl sites for hydroxylation is 1. The van der Waals surface area contributed by atoms with Crippen LogP contribution >= 0.6 is 15.9 Å². The Balaban J connectivity index is 1.43. The van der Waals surface area contributed by atoms with Crippen LogP contribution in [-0.4, -0.2) is 22.2 Å². The highest BCUT2D eigenvalue weighted by molar-refractivity contribution is 9.10. The molecule has 1 heterocycles. The average Bonchev–Trinajstić information content (AvgIpc) is 3.61. The highest BCUT2D eigenvalue weighted by atomic mass is 79.9. The summed E-state index contributed by atoms with van der Waals surface area (Å²) in [5.41, 5.74) is -0.314. The molecule has 0 aliphatic heterocycles. The van der Waals surface area contributed by atoms with Crippen molar-refractivity contribution >= 4 is 21.8 Å². The van der Waals surface area contributed by atoms with Crippen molar-refractivity contribution < 1.29 is 18.0 Å². The molecule has 0 atom stereocenters. The normalized spacial score (nSPS) is 13.9. The minimum atomic E-state index is -4.50. The van der Waals surface area contributed by atoms with Gasteiger partial charge in [-0.05, 0) is 35.2 Å². The largest absolute Gasteiger partial charge is 0.436 e. The van der Waals surface area contributed by atoms with Crippen LogP contribution in [-0.2, 0) is 17.5 Å². The van der Waals surface area contributed by atoms with E-state index in [0.717, 1.165) is 25.7 Å². The lowest BCUT2D eigenvalue weighted by Gasteiger charge is -2.08. The predicted molar refractivity (Wildman–Crippen MR) is 144 cm³/mol. The molecule has 0 saturated heterocycles. The first-order valence-corrected chi connectivity index (χ1v) is 15.2. The summed E-state index contributed by atoms with van der Waals surface area (Å²) in [6, 6.07) is 0. The fourth-order valence-corrected chi connectivity index (χ4v) is 5.58. The number of nitrogens with zero attached hydrogens (tertiary/aromatic N) is 2. The van der Waals surface area contributed by atoms with Gasteiger partial charge in [0.05, 0.1) is 16.7 Å². The molecule has 0 bridgehead atoms. The lowest BCUT2D eigenvalue weighted by molar-refractivity contribution is -0.142. The highest BCUT2D eigenvalue weighted by Gasteiger charge is 2.41.